The molecule has 4 N–H and O–H groups in total. The molecule has 0 aliphatic rings. The molecule has 0 aliphatic heterocycles. The summed E-state index contributed by atoms with van der Waals surface area (Å²) in [6.45, 7) is 5.58. The topological polar surface area (TPSA) is 200 Å². The van der Waals surface area contributed by atoms with Gasteiger partial charge in [-0.2, -0.15) is 46.8 Å². The van der Waals surface area contributed by atoms with Gasteiger partial charge in [0.15, 0.2) is 11.6 Å². The van der Waals surface area contributed by atoms with Gasteiger partial charge in [0.1, 0.15) is 11.4 Å². The molecule has 0 radical (unpaired) electrons. The average Bonchev–Trinajstić information content (AvgIpc) is 3.26. The highest BCUT2D eigenvalue weighted by Crippen LogP contribution is 2.39. The molecule has 14 nitrogen and oxygen atoms in total. The van der Waals surface area contributed by atoms with Gasteiger partial charge in [-0.15, -0.1) is 0 Å². The molecule has 70 heavy (non-hydrogen) atoms. The third kappa shape index (κ3) is 13.3. The molecule has 2 unspecified atom stereocenters. The van der Waals surface area contributed by atoms with Gasteiger partial charge in [-0.3, -0.25) is 28.8 Å². The van der Waals surface area contributed by atoms with E-state index in [2.05, 4.69) is 41.7 Å². The maximum Gasteiger partial charge on any atom is 0.418 e. The Morgan fingerprint density at radius 3 is 1.19 bits per heavy atom. The number of anilines is 4. The molecular weight excluding hydrogens is 1020 g/mol. The Bertz CT molecular complexity index is 2770. The first-order valence-electron chi connectivity index (χ1n) is 20.4. The number of halogens is 10. The van der Waals surface area contributed by atoms with Crippen LogP contribution in [0.1, 0.15) is 70.7 Å². The van der Waals surface area contributed by atoms with Crippen LogP contribution in [-0.2, 0) is 44.4 Å². The molecule has 0 aromatic heterocycles. The number of nitrogens with one attached hydrogen (secondary N) is 4. The van der Waals surface area contributed by atoms with Crippen LogP contribution in [0.5, 0.6) is 0 Å². The number of nitrogens with zero attached hydrogens (tertiary/aromatic N) is 4. The number of carbonyl (C=O) groups is 6. The quantitative estimate of drug-likeness (QED) is 0.0430. The van der Waals surface area contributed by atoms with Gasteiger partial charge < -0.3 is 21.3 Å². The molecule has 0 saturated heterocycles. The summed E-state index contributed by atoms with van der Waals surface area (Å²) in [6, 6.07) is 12.3. The van der Waals surface area contributed by atoms with Crippen LogP contribution >= 0.6 is 46.4 Å². The monoisotopic (exact) mass is 1050 g/mol. The highest BCUT2D eigenvalue weighted by atomic mass is 35.5. The Hall–Kier alpha value is -6.74. The lowest BCUT2D eigenvalue weighted by Gasteiger charge is -2.18. The molecule has 366 valence electrons. The Morgan fingerprint density at radius 2 is 0.871 bits per heavy atom. The lowest BCUT2D eigenvalue weighted by molar-refractivity contribution is -0.137. The highest BCUT2D eigenvalue weighted by molar-refractivity contribution is 6.37. The van der Waals surface area contributed by atoms with Crippen molar-refractivity contribution in [3.05, 3.63) is 138 Å². The van der Waals surface area contributed by atoms with Crippen molar-refractivity contribution in [2.75, 3.05) is 21.3 Å². The SMILES string of the molecule is CCc1cc(NC(=O)C(N=Nc2cccc(C(=O)Nc3cc(Cl)ccc3C(F)(F)F)c2Cl)C(C)=O)c(CC)cc1NC(=O)C(N=Nc1cccc(C(=O)Nc2cc(Cl)ccc2C(F)(F)F)c1Cl)C(C)=O. The minimum Gasteiger partial charge on any atom is -0.323 e. The second-order valence-corrected chi connectivity index (χ2v) is 16.5. The summed E-state index contributed by atoms with van der Waals surface area (Å²) in [4.78, 5) is 78.9. The summed E-state index contributed by atoms with van der Waals surface area (Å²) < 4.78 is 81.7. The van der Waals surface area contributed by atoms with Crippen LogP contribution in [0.15, 0.2) is 105 Å². The zero-order valence-electron chi connectivity index (χ0n) is 36.7. The van der Waals surface area contributed by atoms with E-state index in [-0.39, 0.29) is 66.8 Å². The second kappa shape index (κ2) is 22.8. The first-order valence-corrected chi connectivity index (χ1v) is 21.9. The third-order valence-corrected chi connectivity index (χ3v) is 11.2. The van der Waals surface area contributed by atoms with Crippen molar-refractivity contribution in [1.82, 2.24) is 0 Å². The van der Waals surface area contributed by atoms with Crippen molar-refractivity contribution in [1.29, 1.82) is 0 Å². The molecular formula is C46H36Cl4F6N8O6. The summed E-state index contributed by atoms with van der Waals surface area (Å²) in [5.41, 5.74) is -3.35. The summed E-state index contributed by atoms with van der Waals surface area (Å²) in [7, 11) is 0. The minimum atomic E-state index is -4.83. The number of alkyl halides is 6. The van der Waals surface area contributed by atoms with Gasteiger partial charge in [0.25, 0.3) is 23.6 Å². The molecule has 4 amide bonds. The van der Waals surface area contributed by atoms with Gasteiger partial charge >= 0.3 is 12.4 Å². The maximum absolute atomic E-state index is 13.6. The van der Waals surface area contributed by atoms with Gasteiger partial charge in [-0.25, -0.2) is 0 Å². The smallest absolute Gasteiger partial charge is 0.323 e. The van der Waals surface area contributed by atoms with Crippen LogP contribution in [-0.4, -0.2) is 47.3 Å². The molecule has 0 bridgehead atoms. The second-order valence-electron chi connectivity index (χ2n) is 14.9. The number of rotatable bonds is 16. The number of azo groups is 2. The van der Waals surface area contributed by atoms with E-state index in [0.717, 1.165) is 38.1 Å². The van der Waals surface area contributed by atoms with Gasteiger partial charge in [-0.1, -0.05) is 72.4 Å². The number of aryl methyl sites for hydroxylation is 2. The molecule has 0 saturated carbocycles. The first-order chi connectivity index (χ1) is 32.8. The van der Waals surface area contributed by atoms with Gasteiger partial charge in [0.2, 0.25) is 12.1 Å². The van der Waals surface area contributed by atoms with Crippen LogP contribution in [0.4, 0.5) is 60.5 Å². The van der Waals surface area contributed by atoms with Gasteiger partial charge in [0, 0.05) is 21.4 Å². The fraction of sp³-hybridized carbons (Fsp3) is 0.217. The maximum atomic E-state index is 13.6. The van der Waals surface area contributed by atoms with Crippen molar-refractivity contribution < 1.29 is 55.1 Å². The van der Waals surface area contributed by atoms with E-state index in [1.54, 1.807) is 13.8 Å². The molecule has 5 aromatic rings. The molecule has 2 atom stereocenters. The predicted octanol–water partition coefficient (Wildman–Crippen LogP) is 13.3. The number of Topliss-reactive ketones (excluding diaryl/α,β-unsaturated/α-hetero) is 2. The first kappa shape index (κ1) is 54.2. The van der Waals surface area contributed by atoms with E-state index in [0.29, 0.717) is 23.3 Å². The summed E-state index contributed by atoms with van der Waals surface area (Å²) in [5.74, 6) is -5.52. The fourth-order valence-electron chi connectivity index (χ4n) is 6.44. The van der Waals surface area contributed by atoms with E-state index < -0.39 is 82.1 Å². The number of hydrogen-bond acceptors (Lipinski definition) is 10. The van der Waals surface area contributed by atoms with Crippen molar-refractivity contribution in [3.63, 3.8) is 0 Å². The Labute approximate surface area is 414 Å². The average molecular weight is 1050 g/mol. The van der Waals surface area contributed by atoms with Gasteiger partial charge in [0.05, 0.1) is 43.7 Å². The van der Waals surface area contributed by atoms with Crippen molar-refractivity contribution in [2.45, 2.75) is 65.0 Å². The van der Waals surface area contributed by atoms with Crippen molar-refractivity contribution >= 4 is 116 Å². The lowest BCUT2D eigenvalue weighted by Crippen LogP contribution is -2.33. The van der Waals surface area contributed by atoms with E-state index in [1.165, 1.54) is 48.5 Å². The van der Waals surface area contributed by atoms with E-state index in [9.17, 15) is 55.1 Å². The number of benzene rings is 5. The van der Waals surface area contributed by atoms with Crippen molar-refractivity contribution in [3.8, 4) is 0 Å². The Kier molecular flexibility index (Phi) is 17.6. The Morgan fingerprint density at radius 1 is 0.514 bits per heavy atom. The molecule has 5 aromatic carbocycles. The van der Waals surface area contributed by atoms with Crippen molar-refractivity contribution in [2.24, 2.45) is 20.5 Å². The van der Waals surface area contributed by atoms with Crippen LogP contribution in [0.2, 0.25) is 20.1 Å². The summed E-state index contributed by atoms with van der Waals surface area (Å²) in [6.07, 6.45) is -9.16. The number of amides is 4. The van der Waals surface area contributed by atoms with Crippen LogP contribution in [0.25, 0.3) is 0 Å². The number of ketones is 2. The lowest BCUT2D eigenvalue weighted by atomic mass is 10.0. The normalized spacial score (nSPS) is 12.7. The molecule has 24 heteroatoms. The standard InChI is InChI=1S/C46H36Cl4F6N8O6/c1-5-23-17-34(58-44(70)40(22(4)66)64-62-32-12-8-10-28(38(32)50)42(68)60-36-20-26(48)14-16-30(36)46(54,55)56)24(6-2)18-33(23)57-43(69)39(21(3)65)63-61-31-11-7-9-27(37(31)49)41(67)59-35-19-25(47)13-15-29(35)45(51,52)53/h7-20,39-40H,5-6H2,1-4H3,(H,57,69)(H,58,70)(H,59,67)(H,60,68). The predicted molar refractivity (Wildman–Crippen MR) is 252 cm³/mol. The molecule has 0 aliphatic carbocycles. The zero-order chi connectivity index (χ0) is 51.8. The zero-order valence-corrected chi connectivity index (χ0v) is 39.7. The highest BCUT2D eigenvalue weighted by Gasteiger charge is 2.36. The molecule has 5 rings (SSSR count). The van der Waals surface area contributed by atoms with E-state index >= 15 is 0 Å². The fourth-order valence-corrected chi connectivity index (χ4v) is 7.29. The molecule has 0 heterocycles. The molecule has 0 fully saturated rings. The van der Waals surface area contributed by atoms with E-state index in [1.807, 2.05) is 0 Å². The van der Waals surface area contributed by atoms with Crippen LogP contribution < -0.4 is 21.3 Å². The van der Waals surface area contributed by atoms with Crippen LogP contribution in [0, 0.1) is 0 Å². The molecule has 0 spiro atoms. The number of carbonyl (C=O) groups excluding carboxylic acids is 6. The summed E-state index contributed by atoms with van der Waals surface area (Å²) >= 11 is 24.6. The number of hydrogen-bond donors (Lipinski definition) is 4. The van der Waals surface area contributed by atoms with E-state index in [4.69, 9.17) is 46.4 Å². The van der Waals surface area contributed by atoms with Gasteiger partial charge in [-0.05, 0) is 111 Å². The Balaban J connectivity index is 1.33. The minimum absolute atomic E-state index is 0.0841. The van der Waals surface area contributed by atoms with Crippen LogP contribution in [0.3, 0.4) is 0 Å². The largest absolute Gasteiger partial charge is 0.418 e. The third-order valence-electron chi connectivity index (χ3n) is 9.95. The summed E-state index contributed by atoms with van der Waals surface area (Å²) in [5, 5.41) is 24.2.